The first kappa shape index (κ1) is 15.8. The maximum absolute atomic E-state index is 12.9. The third-order valence-electron chi connectivity index (χ3n) is 4.26. The van der Waals surface area contributed by atoms with Crippen molar-refractivity contribution in [2.45, 2.75) is 26.2 Å². The Morgan fingerprint density at radius 1 is 1.48 bits per heavy atom. The molecule has 0 aromatic carbocycles. The molecule has 23 heavy (non-hydrogen) atoms. The van der Waals surface area contributed by atoms with E-state index in [1.165, 1.54) is 0 Å². The highest BCUT2D eigenvalue weighted by Gasteiger charge is 2.31. The summed E-state index contributed by atoms with van der Waals surface area (Å²) in [7, 11) is 0. The van der Waals surface area contributed by atoms with Gasteiger partial charge in [0.05, 0.1) is 11.6 Å². The van der Waals surface area contributed by atoms with E-state index < -0.39 is 11.9 Å². The van der Waals surface area contributed by atoms with Crippen LogP contribution in [-0.2, 0) is 11.2 Å². The van der Waals surface area contributed by atoms with E-state index in [2.05, 4.69) is 4.98 Å². The molecule has 6 nitrogen and oxygen atoms in total. The molecule has 2 aromatic heterocycles. The lowest BCUT2D eigenvalue weighted by Gasteiger charge is -2.30. The van der Waals surface area contributed by atoms with Crippen LogP contribution in [-0.4, -0.2) is 44.4 Å². The number of carboxylic acid groups (broad SMARTS) is 1. The number of nitrogens with zero attached hydrogens (tertiary/aromatic N) is 3. The van der Waals surface area contributed by atoms with Gasteiger partial charge in [0.25, 0.3) is 5.91 Å². The smallest absolute Gasteiger partial charge is 0.308 e. The number of rotatable bonds is 3. The zero-order valence-electron chi connectivity index (χ0n) is 12.8. The Morgan fingerprint density at radius 3 is 2.96 bits per heavy atom. The number of amides is 1. The van der Waals surface area contributed by atoms with Gasteiger partial charge in [0.1, 0.15) is 11.3 Å². The number of pyridine rings is 1. The van der Waals surface area contributed by atoms with Crippen molar-refractivity contribution in [2.24, 2.45) is 5.92 Å². The predicted molar refractivity (Wildman–Crippen MR) is 85.8 cm³/mol. The highest BCUT2D eigenvalue weighted by molar-refractivity contribution is 6.30. The van der Waals surface area contributed by atoms with E-state index in [-0.39, 0.29) is 12.5 Å². The molecular formula is C16H18ClN3O3. The predicted octanol–water partition coefficient (Wildman–Crippen LogP) is 2.49. The van der Waals surface area contributed by atoms with E-state index in [4.69, 9.17) is 11.6 Å². The van der Waals surface area contributed by atoms with Crippen LogP contribution in [0.15, 0.2) is 18.3 Å². The number of hydrogen-bond donors (Lipinski definition) is 1. The number of aliphatic carboxylic acids is 1. The lowest BCUT2D eigenvalue weighted by molar-refractivity contribution is -0.143. The average Bonchev–Trinajstić information content (AvgIpc) is 2.91. The van der Waals surface area contributed by atoms with Gasteiger partial charge in [0.2, 0.25) is 0 Å². The van der Waals surface area contributed by atoms with Gasteiger partial charge in [-0.15, -0.1) is 0 Å². The highest BCUT2D eigenvalue weighted by atomic mass is 35.5. The molecule has 1 N–H and O–H groups in total. The second-order valence-electron chi connectivity index (χ2n) is 5.76. The molecule has 0 aliphatic carbocycles. The number of halogens is 1. The third-order valence-corrected chi connectivity index (χ3v) is 4.49. The molecule has 1 aliphatic rings. The molecule has 1 fully saturated rings. The minimum atomic E-state index is -0.844. The summed E-state index contributed by atoms with van der Waals surface area (Å²) >= 11 is 5.99. The fourth-order valence-corrected chi connectivity index (χ4v) is 3.21. The van der Waals surface area contributed by atoms with E-state index >= 15 is 0 Å². The molecule has 0 radical (unpaired) electrons. The number of fused-ring (bicyclic) bond motifs is 1. The number of piperidine rings is 1. The van der Waals surface area contributed by atoms with Crippen LogP contribution in [0.5, 0.6) is 0 Å². The third kappa shape index (κ3) is 2.91. The Morgan fingerprint density at radius 2 is 2.26 bits per heavy atom. The van der Waals surface area contributed by atoms with Gasteiger partial charge in [-0.2, -0.15) is 0 Å². The number of imidazole rings is 1. The number of carbonyl (C=O) groups is 2. The summed E-state index contributed by atoms with van der Waals surface area (Å²) in [6.45, 7) is 2.77. The van der Waals surface area contributed by atoms with E-state index in [1.54, 1.807) is 27.6 Å². The molecule has 3 rings (SSSR count). The molecule has 2 aromatic rings. The number of aryl methyl sites for hydroxylation is 1. The molecule has 7 heteroatoms. The highest BCUT2D eigenvalue weighted by Crippen LogP contribution is 2.22. The second kappa shape index (κ2) is 6.20. The normalized spacial score (nSPS) is 18.3. The van der Waals surface area contributed by atoms with Gasteiger partial charge in [-0.3, -0.25) is 14.0 Å². The molecule has 0 spiro atoms. The topological polar surface area (TPSA) is 74.9 Å². The monoisotopic (exact) mass is 335 g/mol. The summed E-state index contributed by atoms with van der Waals surface area (Å²) in [5, 5.41) is 9.76. The molecule has 1 aliphatic heterocycles. The zero-order valence-corrected chi connectivity index (χ0v) is 13.6. The molecule has 122 valence electrons. The summed E-state index contributed by atoms with van der Waals surface area (Å²) in [4.78, 5) is 30.3. The molecule has 1 unspecified atom stereocenters. The van der Waals surface area contributed by atoms with Gasteiger partial charge in [-0.05, 0) is 25.3 Å². The molecule has 1 atom stereocenters. The number of likely N-dealkylation sites (tertiary alicyclic amines) is 1. The molecule has 1 amide bonds. The molecule has 0 saturated carbocycles. The largest absolute Gasteiger partial charge is 0.481 e. The van der Waals surface area contributed by atoms with Gasteiger partial charge in [-0.1, -0.05) is 18.5 Å². The minimum absolute atomic E-state index is 0.164. The van der Waals surface area contributed by atoms with Crippen LogP contribution in [0.4, 0.5) is 0 Å². The first-order valence-corrected chi connectivity index (χ1v) is 8.07. The van der Waals surface area contributed by atoms with Crippen molar-refractivity contribution in [1.82, 2.24) is 14.3 Å². The van der Waals surface area contributed by atoms with Crippen molar-refractivity contribution in [3.05, 3.63) is 34.7 Å². The number of carbonyl (C=O) groups excluding carboxylic acids is 1. The van der Waals surface area contributed by atoms with Crippen molar-refractivity contribution in [2.75, 3.05) is 13.1 Å². The average molecular weight is 336 g/mol. The van der Waals surface area contributed by atoms with Crippen molar-refractivity contribution < 1.29 is 14.7 Å². The summed E-state index contributed by atoms with van der Waals surface area (Å²) < 4.78 is 1.73. The van der Waals surface area contributed by atoms with E-state index in [1.807, 2.05) is 6.92 Å². The number of hydrogen-bond acceptors (Lipinski definition) is 3. The second-order valence-corrected chi connectivity index (χ2v) is 6.20. The van der Waals surface area contributed by atoms with Gasteiger partial charge in [-0.25, -0.2) is 4.98 Å². The Kier molecular flexibility index (Phi) is 4.26. The van der Waals surface area contributed by atoms with E-state index in [9.17, 15) is 14.7 Å². The van der Waals surface area contributed by atoms with Crippen LogP contribution in [0.3, 0.4) is 0 Å². The standard InChI is InChI=1S/C16H18ClN3O3/c1-2-12-14(20-7-5-11(17)8-13(20)18-12)15(21)19-6-3-4-10(9-19)16(22)23/h5,7-8,10H,2-4,6,9H2,1H3,(H,22,23). The number of aromatic nitrogens is 2. The molecular weight excluding hydrogens is 318 g/mol. The SMILES string of the molecule is CCc1nc2cc(Cl)ccn2c1C(=O)N1CCCC(C(=O)O)C1. The van der Waals surface area contributed by atoms with Crippen molar-refractivity contribution in [3.63, 3.8) is 0 Å². The van der Waals surface area contributed by atoms with Crippen molar-refractivity contribution >= 4 is 29.1 Å². The maximum atomic E-state index is 12.9. The van der Waals surface area contributed by atoms with Gasteiger partial charge in [0.15, 0.2) is 0 Å². The van der Waals surface area contributed by atoms with Crippen LogP contribution in [0.2, 0.25) is 5.02 Å². The first-order chi connectivity index (χ1) is 11.0. The van der Waals surface area contributed by atoms with Crippen molar-refractivity contribution in [3.8, 4) is 0 Å². The fourth-order valence-electron chi connectivity index (χ4n) is 3.05. The van der Waals surface area contributed by atoms with Gasteiger partial charge < -0.3 is 10.0 Å². The molecule has 3 heterocycles. The van der Waals surface area contributed by atoms with Gasteiger partial charge >= 0.3 is 5.97 Å². The zero-order chi connectivity index (χ0) is 16.6. The van der Waals surface area contributed by atoms with Crippen LogP contribution >= 0.6 is 11.6 Å². The van der Waals surface area contributed by atoms with E-state index in [0.717, 1.165) is 0 Å². The maximum Gasteiger partial charge on any atom is 0.308 e. The Labute approximate surface area is 138 Å². The quantitative estimate of drug-likeness (QED) is 0.935. The molecule has 0 bridgehead atoms. The Balaban J connectivity index is 1.98. The first-order valence-electron chi connectivity index (χ1n) is 7.69. The van der Waals surface area contributed by atoms with Crippen LogP contribution in [0.25, 0.3) is 5.65 Å². The summed E-state index contributed by atoms with van der Waals surface area (Å²) in [5.41, 5.74) is 1.84. The lowest BCUT2D eigenvalue weighted by atomic mass is 9.98. The molecule has 1 saturated heterocycles. The van der Waals surface area contributed by atoms with Gasteiger partial charge in [0, 0.05) is 30.4 Å². The summed E-state index contributed by atoms with van der Waals surface area (Å²) in [6, 6.07) is 3.43. The van der Waals surface area contributed by atoms with E-state index in [0.29, 0.717) is 47.9 Å². The Bertz CT molecular complexity index is 771. The number of carboxylic acids is 1. The Hall–Kier alpha value is -2.08. The minimum Gasteiger partial charge on any atom is -0.481 e. The van der Waals surface area contributed by atoms with Crippen molar-refractivity contribution in [1.29, 1.82) is 0 Å². The van der Waals surface area contributed by atoms with Crippen LogP contribution in [0.1, 0.15) is 35.9 Å². The lowest BCUT2D eigenvalue weighted by Crippen LogP contribution is -2.43. The fraction of sp³-hybridized carbons (Fsp3) is 0.438. The van der Waals surface area contributed by atoms with Crippen LogP contribution in [0, 0.1) is 5.92 Å². The summed E-state index contributed by atoms with van der Waals surface area (Å²) in [6.07, 6.45) is 3.67. The summed E-state index contributed by atoms with van der Waals surface area (Å²) in [5.74, 6) is -1.50. The van der Waals surface area contributed by atoms with Crippen LogP contribution < -0.4 is 0 Å².